The lowest BCUT2D eigenvalue weighted by Crippen LogP contribution is -1.94. The fourth-order valence-corrected chi connectivity index (χ4v) is 2.27. The molecule has 1 heterocycles. The molecule has 0 fully saturated rings. The smallest absolute Gasteiger partial charge is 0.258 e. The van der Waals surface area contributed by atoms with Gasteiger partial charge < -0.3 is 0 Å². The molecule has 18 heavy (non-hydrogen) atoms. The number of rotatable bonds is 3. The first-order valence-electron chi connectivity index (χ1n) is 5.06. The summed E-state index contributed by atoms with van der Waals surface area (Å²) < 4.78 is 0.596. The Morgan fingerprint density at radius 1 is 1.33 bits per heavy atom. The molecule has 0 aliphatic carbocycles. The quantitative estimate of drug-likeness (QED) is 0.483. The van der Waals surface area contributed by atoms with Crippen LogP contribution in [0.2, 0.25) is 0 Å². The number of halogens is 1. The Morgan fingerprint density at radius 2 is 2.00 bits per heavy atom. The fraction of sp³-hybridized carbons (Fsp3) is 0.0833. The first-order valence-corrected chi connectivity index (χ1v) is 7.08. The predicted molar refractivity (Wildman–Crippen MR) is 75.8 cm³/mol. The van der Waals surface area contributed by atoms with Crippen LogP contribution in [0.25, 0.3) is 11.3 Å². The average Bonchev–Trinajstić information content (AvgIpc) is 2.39. The van der Waals surface area contributed by atoms with Crippen molar-refractivity contribution < 1.29 is 4.92 Å². The number of benzene rings is 1. The second-order valence-corrected chi connectivity index (χ2v) is 5.30. The number of aromatic nitrogens is 1. The highest BCUT2D eigenvalue weighted by Crippen LogP contribution is 2.30. The third-order valence-electron chi connectivity index (χ3n) is 2.39. The molecule has 92 valence electrons. The van der Waals surface area contributed by atoms with Gasteiger partial charge in [0, 0.05) is 27.2 Å². The van der Waals surface area contributed by atoms with Gasteiger partial charge in [-0.3, -0.25) is 10.1 Å². The minimum absolute atomic E-state index is 0.00118. The van der Waals surface area contributed by atoms with E-state index in [-0.39, 0.29) is 5.69 Å². The topological polar surface area (TPSA) is 56.0 Å². The predicted octanol–water partition coefficient (Wildman–Crippen LogP) is 4.14. The molecule has 0 aliphatic rings. The summed E-state index contributed by atoms with van der Waals surface area (Å²) in [5.74, 6) is 0. The summed E-state index contributed by atoms with van der Waals surface area (Å²) in [5, 5.41) is 11.0. The lowest BCUT2D eigenvalue weighted by atomic mass is 10.1. The Morgan fingerprint density at radius 3 is 2.56 bits per heavy atom. The minimum Gasteiger partial charge on any atom is -0.258 e. The molecule has 0 amide bonds. The van der Waals surface area contributed by atoms with Gasteiger partial charge in [-0.15, -0.1) is 11.8 Å². The van der Waals surface area contributed by atoms with Crippen molar-refractivity contribution >= 4 is 33.4 Å². The van der Waals surface area contributed by atoms with Gasteiger partial charge in [-0.25, -0.2) is 4.98 Å². The number of thioether (sulfide) groups is 1. The lowest BCUT2D eigenvalue weighted by Gasteiger charge is -2.03. The Kier molecular flexibility index (Phi) is 3.98. The number of pyridine rings is 1. The molecule has 6 heteroatoms. The van der Waals surface area contributed by atoms with E-state index >= 15 is 0 Å². The molecule has 2 rings (SSSR count). The maximum atomic E-state index is 11.0. The highest BCUT2D eigenvalue weighted by atomic mass is 79.9. The van der Waals surface area contributed by atoms with Gasteiger partial charge in [0.05, 0.1) is 4.92 Å². The molecule has 0 radical (unpaired) electrons. The third kappa shape index (κ3) is 2.70. The van der Waals surface area contributed by atoms with Gasteiger partial charge in [0.15, 0.2) is 0 Å². The molecular formula is C12H9BrN2O2S. The van der Waals surface area contributed by atoms with Crippen LogP contribution in [-0.2, 0) is 0 Å². The van der Waals surface area contributed by atoms with Gasteiger partial charge in [-0.05, 0) is 34.3 Å². The number of hydrogen-bond acceptors (Lipinski definition) is 4. The van der Waals surface area contributed by atoms with Crippen molar-refractivity contribution in [1.29, 1.82) is 0 Å². The van der Waals surface area contributed by atoms with Crippen LogP contribution < -0.4 is 0 Å². The number of nitro groups is 1. The van der Waals surface area contributed by atoms with Crippen molar-refractivity contribution in [3.05, 3.63) is 51.1 Å². The summed E-state index contributed by atoms with van der Waals surface area (Å²) >= 11 is 4.81. The van der Waals surface area contributed by atoms with E-state index in [4.69, 9.17) is 0 Å². The maximum Gasteiger partial charge on any atom is 0.296 e. The van der Waals surface area contributed by atoms with Gasteiger partial charge in [0.25, 0.3) is 5.69 Å². The van der Waals surface area contributed by atoms with Crippen LogP contribution in [0.3, 0.4) is 0 Å². The van der Waals surface area contributed by atoms with Gasteiger partial charge >= 0.3 is 0 Å². The van der Waals surface area contributed by atoms with Crippen molar-refractivity contribution in [3.63, 3.8) is 0 Å². The average molecular weight is 325 g/mol. The van der Waals surface area contributed by atoms with Crippen LogP contribution in [0.1, 0.15) is 0 Å². The second kappa shape index (κ2) is 5.49. The van der Waals surface area contributed by atoms with Crippen molar-refractivity contribution in [3.8, 4) is 11.3 Å². The highest BCUT2D eigenvalue weighted by Gasteiger charge is 2.17. The molecule has 0 saturated carbocycles. The molecule has 1 aromatic heterocycles. The summed E-state index contributed by atoms with van der Waals surface area (Å²) in [6.07, 6.45) is 3.54. The van der Waals surface area contributed by atoms with Gasteiger partial charge in [0.2, 0.25) is 0 Å². The Bertz CT molecular complexity index is 587. The minimum atomic E-state index is -0.421. The van der Waals surface area contributed by atoms with E-state index in [0.29, 0.717) is 10.2 Å². The lowest BCUT2D eigenvalue weighted by molar-refractivity contribution is -0.384. The van der Waals surface area contributed by atoms with E-state index < -0.39 is 4.92 Å². The van der Waals surface area contributed by atoms with Crippen LogP contribution >= 0.6 is 27.7 Å². The summed E-state index contributed by atoms with van der Waals surface area (Å²) in [5.41, 5.74) is 1.13. The first-order chi connectivity index (χ1) is 8.61. The molecule has 0 bridgehead atoms. The van der Waals surface area contributed by atoms with Crippen LogP contribution in [-0.4, -0.2) is 16.2 Å². The van der Waals surface area contributed by atoms with E-state index in [2.05, 4.69) is 20.9 Å². The van der Waals surface area contributed by atoms with Crippen molar-refractivity contribution in [1.82, 2.24) is 4.98 Å². The van der Waals surface area contributed by atoms with Crippen LogP contribution in [0.5, 0.6) is 0 Å². The van der Waals surface area contributed by atoms with E-state index in [0.717, 1.165) is 10.5 Å². The van der Waals surface area contributed by atoms with Crippen molar-refractivity contribution in [2.24, 2.45) is 0 Å². The molecule has 0 unspecified atom stereocenters. The molecule has 2 aromatic rings. The standard InChI is InChI=1S/C12H9BrN2O2S/c1-18-10-4-2-8(3-5-10)12-11(15(16)17)6-9(13)7-14-12/h2-7H,1H3. The van der Waals surface area contributed by atoms with E-state index in [1.54, 1.807) is 18.0 Å². The molecule has 0 atom stereocenters. The maximum absolute atomic E-state index is 11.0. The fourth-order valence-electron chi connectivity index (χ4n) is 1.54. The summed E-state index contributed by atoms with van der Waals surface area (Å²) in [4.78, 5) is 15.8. The van der Waals surface area contributed by atoms with Crippen molar-refractivity contribution in [2.75, 3.05) is 6.26 Å². The molecule has 1 aromatic carbocycles. The van der Waals surface area contributed by atoms with Gasteiger partial charge in [-0.1, -0.05) is 12.1 Å². The summed E-state index contributed by atoms with van der Waals surface area (Å²) in [6.45, 7) is 0. The summed E-state index contributed by atoms with van der Waals surface area (Å²) in [7, 11) is 0. The monoisotopic (exact) mass is 324 g/mol. The number of nitrogens with zero attached hydrogens (tertiary/aromatic N) is 2. The van der Waals surface area contributed by atoms with E-state index in [9.17, 15) is 10.1 Å². The SMILES string of the molecule is CSc1ccc(-c2ncc(Br)cc2[N+](=O)[O-])cc1. The molecular weight excluding hydrogens is 316 g/mol. The van der Waals surface area contributed by atoms with Crippen LogP contribution in [0.4, 0.5) is 5.69 Å². The molecule has 0 aliphatic heterocycles. The highest BCUT2D eigenvalue weighted by molar-refractivity contribution is 9.10. The van der Waals surface area contributed by atoms with E-state index in [1.807, 2.05) is 30.5 Å². The number of hydrogen-bond donors (Lipinski definition) is 0. The van der Waals surface area contributed by atoms with Crippen LogP contribution in [0.15, 0.2) is 45.9 Å². The Balaban J connectivity index is 2.52. The van der Waals surface area contributed by atoms with E-state index in [1.165, 1.54) is 6.07 Å². The van der Waals surface area contributed by atoms with Gasteiger partial charge in [0.1, 0.15) is 5.69 Å². The third-order valence-corrected chi connectivity index (χ3v) is 3.57. The van der Waals surface area contributed by atoms with Crippen molar-refractivity contribution in [2.45, 2.75) is 4.90 Å². The summed E-state index contributed by atoms with van der Waals surface area (Å²) in [6, 6.07) is 9.00. The molecule has 0 saturated heterocycles. The zero-order valence-electron chi connectivity index (χ0n) is 9.46. The zero-order chi connectivity index (χ0) is 13.1. The first kappa shape index (κ1) is 13.0. The molecule has 0 spiro atoms. The zero-order valence-corrected chi connectivity index (χ0v) is 11.9. The molecule has 4 nitrogen and oxygen atoms in total. The normalized spacial score (nSPS) is 10.3. The Hall–Kier alpha value is -1.40. The molecule has 0 N–H and O–H groups in total. The Labute approximate surface area is 117 Å². The van der Waals surface area contributed by atoms with Gasteiger partial charge in [-0.2, -0.15) is 0 Å². The largest absolute Gasteiger partial charge is 0.296 e. The van der Waals surface area contributed by atoms with Crippen LogP contribution in [0, 0.1) is 10.1 Å². The second-order valence-electron chi connectivity index (χ2n) is 3.51.